The average Bonchev–Trinajstić information content (AvgIpc) is 2.16. The van der Waals surface area contributed by atoms with E-state index in [1.807, 2.05) is 12.1 Å². The fraction of sp³-hybridized carbons (Fsp3) is 0.364. The van der Waals surface area contributed by atoms with Crippen LogP contribution in [-0.2, 0) is 11.2 Å². The highest BCUT2D eigenvalue weighted by atomic mass is 16.5. The molecule has 0 aromatic heterocycles. The van der Waals surface area contributed by atoms with Gasteiger partial charge in [0.1, 0.15) is 0 Å². The molecule has 1 aromatic carbocycles. The van der Waals surface area contributed by atoms with Crippen LogP contribution in [0.15, 0.2) is 24.3 Å². The van der Waals surface area contributed by atoms with Crippen LogP contribution >= 0.6 is 0 Å². The van der Waals surface area contributed by atoms with Crippen LogP contribution in [-0.4, -0.2) is 24.3 Å². The number of benzene rings is 1. The standard InChI is InChI=1S/C11H14O3/c1-8(12)7-9-5-3-4-6-10(9)11(13)14-2/h3-6,8,12H,7H2,1-2H3. The molecule has 0 saturated heterocycles. The number of rotatable bonds is 3. The number of carbonyl (C=O) groups excluding carboxylic acids is 1. The summed E-state index contributed by atoms with van der Waals surface area (Å²) in [5.74, 6) is -0.360. The zero-order chi connectivity index (χ0) is 10.6. The molecule has 0 radical (unpaired) electrons. The van der Waals surface area contributed by atoms with Gasteiger partial charge in [-0.2, -0.15) is 0 Å². The Morgan fingerprint density at radius 2 is 2.14 bits per heavy atom. The third-order valence-corrected chi connectivity index (χ3v) is 1.94. The topological polar surface area (TPSA) is 46.5 Å². The van der Waals surface area contributed by atoms with Gasteiger partial charge in [0, 0.05) is 0 Å². The number of hydrogen-bond acceptors (Lipinski definition) is 3. The van der Waals surface area contributed by atoms with Crippen LogP contribution in [0.2, 0.25) is 0 Å². The molecule has 1 N–H and O–H groups in total. The summed E-state index contributed by atoms with van der Waals surface area (Å²) in [5.41, 5.74) is 1.34. The molecule has 1 unspecified atom stereocenters. The molecule has 0 spiro atoms. The summed E-state index contributed by atoms with van der Waals surface area (Å²) in [5, 5.41) is 9.23. The molecule has 0 aliphatic heterocycles. The van der Waals surface area contributed by atoms with Crippen LogP contribution in [0.25, 0.3) is 0 Å². The van der Waals surface area contributed by atoms with Crippen molar-refractivity contribution in [3.8, 4) is 0 Å². The molecule has 0 aliphatic rings. The first-order valence-corrected chi connectivity index (χ1v) is 4.49. The summed E-state index contributed by atoms with van der Waals surface area (Å²) in [6, 6.07) is 7.13. The molecule has 0 heterocycles. The van der Waals surface area contributed by atoms with E-state index in [9.17, 15) is 9.90 Å². The van der Waals surface area contributed by atoms with Crippen LogP contribution in [0.4, 0.5) is 0 Å². The largest absolute Gasteiger partial charge is 0.465 e. The highest BCUT2D eigenvalue weighted by molar-refractivity contribution is 5.90. The van der Waals surface area contributed by atoms with Gasteiger partial charge in [-0.25, -0.2) is 4.79 Å². The molecule has 0 saturated carbocycles. The SMILES string of the molecule is COC(=O)c1ccccc1CC(C)O. The maximum atomic E-state index is 11.3. The minimum Gasteiger partial charge on any atom is -0.465 e. The van der Waals surface area contributed by atoms with Gasteiger partial charge in [0.2, 0.25) is 0 Å². The lowest BCUT2D eigenvalue weighted by Crippen LogP contribution is -2.11. The molecule has 3 nitrogen and oxygen atoms in total. The Kier molecular flexibility index (Phi) is 3.65. The Morgan fingerprint density at radius 1 is 1.50 bits per heavy atom. The summed E-state index contributed by atoms with van der Waals surface area (Å²) in [7, 11) is 1.35. The van der Waals surface area contributed by atoms with Crippen LogP contribution in [0.1, 0.15) is 22.8 Å². The van der Waals surface area contributed by atoms with E-state index < -0.39 is 6.10 Å². The minimum atomic E-state index is -0.458. The molecular formula is C11H14O3. The van der Waals surface area contributed by atoms with Gasteiger partial charge < -0.3 is 9.84 Å². The number of carbonyl (C=O) groups is 1. The van der Waals surface area contributed by atoms with E-state index in [1.165, 1.54) is 7.11 Å². The predicted octanol–water partition coefficient (Wildman–Crippen LogP) is 1.40. The van der Waals surface area contributed by atoms with Gasteiger partial charge >= 0.3 is 5.97 Å². The van der Waals surface area contributed by atoms with Crippen molar-refractivity contribution in [3.63, 3.8) is 0 Å². The van der Waals surface area contributed by atoms with E-state index in [2.05, 4.69) is 4.74 Å². The van der Waals surface area contributed by atoms with Gasteiger partial charge in [-0.05, 0) is 25.0 Å². The van der Waals surface area contributed by atoms with Crippen LogP contribution < -0.4 is 0 Å². The maximum absolute atomic E-state index is 11.3. The fourth-order valence-corrected chi connectivity index (χ4v) is 1.33. The Bertz CT molecular complexity index is 318. The van der Waals surface area contributed by atoms with Crippen molar-refractivity contribution in [2.45, 2.75) is 19.4 Å². The minimum absolute atomic E-state index is 0.360. The second-order valence-electron chi connectivity index (χ2n) is 3.20. The molecule has 1 aromatic rings. The van der Waals surface area contributed by atoms with Crippen LogP contribution in [0.3, 0.4) is 0 Å². The van der Waals surface area contributed by atoms with Crippen LogP contribution in [0, 0.1) is 0 Å². The average molecular weight is 194 g/mol. The van der Waals surface area contributed by atoms with Crippen molar-refractivity contribution >= 4 is 5.97 Å². The maximum Gasteiger partial charge on any atom is 0.338 e. The van der Waals surface area contributed by atoms with E-state index in [0.717, 1.165) is 5.56 Å². The Balaban J connectivity index is 2.97. The first kappa shape index (κ1) is 10.7. The molecule has 1 rings (SSSR count). The van der Waals surface area contributed by atoms with Crippen molar-refractivity contribution in [2.24, 2.45) is 0 Å². The van der Waals surface area contributed by atoms with Gasteiger partial charge in [0.25, 0.3) is 0 Å². The molecule has 76 valence electrons. The van der Waals surface area contributed by atoms with Crippen molar-refractivity contribution < 1.29 is 14.6 Å². The third kappa shape index (κ3) is 2.57. The summed E-state index contributed by atoms with van der Waals surface area (Å²) in [6.45, 7) is 1.69. The Labute approximate surface area is 83.3 Å². The highest BCUT2D eigenvalue weighted by Gasteiger charge is 2.11. The van der Waals surface area contributed by atoms with E-state index in [4.69, 9.17) is 0 Å². The van der Waals surface area contributed by atoms with E-state index in [0.29, 0.717) is 12.0 Å². The fourth-order valence-electron chi connectivity index (χ4n) is 1.33. The quantitative estimate of drug-likeness (QED) is 0.740. The van der Waals surface area contributed by atoms with Crippen molar-refractivity contribution in [2.75, 3.05) is 7.11 Å². The lowest BCUT2D eigenvalue weighted by atomic mass is 10.0. The lowest BCUT2D eigenvalue weighted by molar-refractivity contribution is 0.0599. The summed E-state index contributed by atoms with van der Waals surface area (Å²) in [4.78, 5) is 11.3. The van der Waals surface area contributed by atoms with E-state index >= 15 is 0 Å². The molecule has 0 fully saturated rings. The summed E-state index contributed by atoms with van der Waals surface area (Å²) >= 11 is 0. The van der Waals surface area contributed by atoms with E-state index in [1.54, 1.807) is 19.1 Å². The van der Waals surface area contributed by atoms with Gasteiger partial charge in [-0.3, -0.25) is 0 Å². The zero-order valence-corrected chi connectivity index (χ0v) is 8.36. The summed E-state index contributed by atoms with van der Waals surface area (Å²) in [6.07, 6.45) is 0.00598. The van der Waals surface area contributed by atoms with E-state index in [-0.39, 0.29) is 5.97 Å². The van der Waals surface area contributed by atoms with Gasteiger partial charge in [-0.1, -0.05) is 18.2 Å². The normalized spacial score (nSPS) is 12.2. The molecule has 0 aliphatic carbocycles. The number of hydrogen-bond donors (Lipinski definition) is 1. The molecule has 0 bridgehead atoms. The Hall–Kier alpha value is -1.35. The summed E-state index contributed by atoms with van der Waals surface area (Å²) < 4.78 is 4.64. The second-order valence-corrected chi connectivity index (χ2v) is 3.20. The first-order chi connectivity index (χ1) is 6.65. The third-order valence-electron chi connectivity index (χ3n) is 1.94. The molecule has 3 heteroatoms. The molecule has 14 heavy (non-hydrogen) atoms. The number of ether oxygens (including phenoxy) is 1. The number of methoxy groups -OCH3 is 1. The molecular weight excluding hydrogens is 180 g/mol. The van der Waals surface area contributed by atoms with Crippen LogP contribution in [0.5, 0.6) is 0 Å². The number of aliphatic hydroxyl groups is 1. The van der Waals surface area contributed by atoms with Crippen molar-refractivity contribution in [1.82, 2.24) is 0 Å². The Morgan fingerprint density at radius 3 is 2.71 bits per heavy atom. The predicted molar refractivity (Wildman–Crippen MR) is 53.2 cm³/mol. The monoisotopic (exact) mass is 194 g/mol. The van der Waals surface area contributed by atoms with Crippen molar-refractivity contribution in [1.29, 1.82) is 0 Å². The number of esters is 1. The lowest BCUT2D eigenvalue weighted by Gasteiger charge is -2.08. The van der Waals surface area contributed by atoms with Gasteiger partial charge in [0.15, 0.2) is 0 Å². The smallest absolute Gasteiger partial charge is 0.338 e. The second kappa shape index (κ2) is 4.77. The first-order valence-electron chi connectivity index (χ1n) is 4.49. The van der Waals surface area contributed by atoms with Gasteiger partial charge in [0.05, 0.1) is 18.8 Å². The highest BCUT2D eigenvalue weighted by Crippen LogP contribution is 2.12. The van der Waals surface area contributed by atoms with Gasteiger partial charge in [-0.15, -0.1) is 0 Å². The number of aliphatic hydroxyl groups excluding tert-OH is 1. The molecule has 1 atom stereocenters. The zero-order valence-electron chi connectivity index (χ0n) is 8.36. The molecule has 0 amide bonds. The van der Waals surface area contributed by atoms with Crippen molar-refractivity contribution in [3.05, 3.63) is 35.4 Å².